The van der Waals surface area contributed by atoms with Crippen molar-refractivity contribution in [2.75, 3.05) is 19.9 Å². The van der Waals surface area contributed by atoms with Crippen LogP contribution < -0.4 is 14.2 Å². The number of fused-ring (bicyclic) bond motifs is 1. The molecule has 1 aromatic heterocycles. The van der Waals surface area contributed by atoms with Crippen LogP contribution in [-0.2, 0) is 0 Å². The average Bonchev–Trinajstić information content (AvgIpc) is 3.10. The number of benzene rings is 1. The number of piperidine rings is 1. The highest BCUT2D eigenvalue weighted by molar-refractivity contribution is 5.95. The molecule has 1 amide bonds. The number of hydrogen-bond donors (Lipinski definition) is 0. The van der Waals surface area contributed by atoms with Crippen molar-refractivity contribution in [1.29, 1.82) is 0 Å². The number of aromatic nitrogens is 2. The van der Waals surface area contributed by atoms with Gasteiger partial charge in [-0.15, -0.1) is 0 Å². The first-order valence-electron chi connectivity index (χ1n) is 7.91. The van der Waals surface area contributed by atoms with E-state index in [0.717, 1.165) is 12.8 Å². The van der Waals surface area contributed by atoms with Crippen LogP contribution in [0.2, 0.25) is 0 Å². The zero-order valence-electron chi connectivity index (χ0n) is 13.1. The smallest absolute Gasteiger partial charge is 0.254 e. The first-order chi connectivity index (χ1) is 11.8. The van der Waals surface area contributed by atoms with Gasteiger partial charge >= 0.3 is 0 Å². The largest absolute Gasteiger partial charge is 0.471 e. The molecule has 24 heavy (non-hydrogen) atoms. The lowest BCUT2D eigenvalue weighted by Crippen LogP contribution is -2.44. The second kappa shape index (κ2) is 6.35. The van der Waals surface area contributed by atoms with Gasteiger partial charge in [-0.25, -0.2) is 4.98 Å². The van der Waals surface area contributed by atoms with Crippen molar-refractivity contribution in [2.24, 2.45) is 0 Å². The third-order valence-electron chi connectivity index (χ3n) is 4.11. The van der Waals surface area contributed by atoms with Gasteiger partial charge in [-0.05, 0) is 31.0 Å². The number of carbonyl (C=O) groups excluding carboxylic acids is 1. The van der Waals surface area contributed by atoms with E-state index in [1.807, 2.05) is 4.90 Å². The van der Waals surface area contributed by atoms with Crippen molar-refractivity contribution in [2.45, 2.75) is 18.9 Å². The maximum absolute atomic E-state index is 12.7. The van der Waals surface area contributed by atoms with Crippen LogP contribution >= 0.6 is 0 Å². The standard InChI is InChI=1S/C17H17N3O4/c21-17(12-3-4-14-15(8-12)23-11-22-14)20-7-1-2-13(10-20)24-16-9-18-5-6-19-16/h3-6,8-9,13H,1-2,7,10-11H2. The second-order valence-corrected chi connectivity index (χ2v) is 5.74. The minimum atomic E-state index is -0.0755. The average molecular weight is 327 g/mol. The first-order valence-corrected chi connectivity index (χ1v) is 7.91. The summed E-state index contributed by atoms with van der Waals surface area (Å²) in [6, 6.07) is 5.27. The van der Waals surface area contributed by atoms with Crippen LogP contribution in [-0.4, -0.2) is 46.8 Å². The molecule has 1 fully saturated rings. The third kappa shape index (κ3) is 2.97. The molecular formula is C17H17N3O4. The maximum atomic E-state index is 12.7. The Morgan fingerprint density at radius 3 is 3.04 bits per heavy atom. The van der Waals surface area contributed by atoms with Crippen LogP contribution in [0.5, 0.6) is 17.4 Å². The van der Waals surface area contributed by atoms with E-state index in [1.165, 1.54) is 0 Å². The Morgan fingerprint density at radius 2 is 2.17 bits per heavy atom. The summed E-state index contributed by atoms with van der Waals surface area (Å²) < 4.78 is 16.5. The third-order valence-corrected chi connectivity index (χ3v) is 4.11. The van der Waals surface area contributed by atoms with Gasteiger partial charge in [0.15, 0.2) is 11.5 Å². The van der Waals surface area contributed by atoms with E-state index in [4.69, 9.17) is 14.2 Å². The van der Waals surface area contributed by atoms with Gasteiger partial charge in [0.05, 0.1) is 12.7 Å². The van der Waals surface area contributed by atoms with Crippen molar-refractivity contribution in [3.05, 3.63) is 42.4 Å². The molecule has 0 saturated carbocycles. The van der Waals surface area contributed by atoms with Crippen molar-refractivity contribution < 1.29 is 19.0 Å². The zero-order chi connectivity index (χ0) is 16.4. The molecule has 1 unspecified atom stereocenters. The monoisotopic (exact) mass is 327 g/mol. The Morgan fingerprint density at radius 1 is 1.25 bits per heavy atom. The number of nitrogens with zero attached hydrogens (tertiary/aromatic N) is 3. The van der Waals surface area contributed by atoms with Crippen molar-refractivity contribution in [3.8, 4) is 17.4 Å². The molecule has 0 N–H and O–H groups in total. The Bertz CT molecular complexity index is 738. The second-order valence-electron chi connectivity index (χ2n) is 5.74. The highest BCUT2D eigenvalue weighted by atomic mass is 16.7. The van der Waals surface area contributed by atoms with Crippen LogP contribution in [0.15, 0.2) is 36.8 Å². The molecule has 7 heteroatoms. The molecule has 2 aliphatic rings. The fraction of sp³-hybridized carbons (Fsp3) is 0.353. The Kier molecular flexibility index (Phi) is 3.90. The van der Waals surface area contributed by atoms with E-state index < -0.39 is 0 Å². The summed E-state index contributed by atoms with van der Waals surface area (Å²) in [4.78, 5) is 22.7. The number of carbonyl (C=O) groups is 1. The molecule has 0 radical (unpaired) electrons. The zero-order valence-corrected chi connectivity index (χ0v) is 13.1. The normalized spacial score (nSPS) is 19.2. The summed E-state index contributed by atoms with van der Waals surface area (Å²) in [5.74, 6) is 1.75. The molecule has 1 aromatic carbocycles. The van der Waals surface area contributed by atoms with Gasteiger partial charge in [0, 0.05) is 24.5 Å². The molecule has 3 heterocycles. The SMILES string of the molecule is O=C(c1ccc2c(c1)OCO2)N1CCCC(Oc2cnccn2)C1. The molecule has 2 aromatic rings. The Labute approximate surface area is 139 Å². The van der Waals surface area contributed by atoms with E-state index in [2.05, 4.69) is 9.97 Å². The van der Waals surface area contributed by atoms with Gasteiger partial charge in [-0.1, -0.05) is 0 Å². The topological polar surface area (TPSA) is 73.8 Å². The van der Waals surface area contributed by atoms with E-state index in [0.29, 0.717) is 36.0 Å². The fourth-order valence-corrected chi connectivity index (χ4v) is 2.95. The molecular weight excluding hydrogens is 310 g/mol. The van der Waals surface area contributed by atoms with Gasteiger partial charge in [-0.3, -0.25) is 9.78 Å². The van der Waals surface area contributed by atoms with Crippen LogP contribution in [0.25, 0.3) is 0 Å². The summed E-state index contributed by atoms with van der Waals surface area (Å²) in [7, 11) is 0. The molecule has 0 spiro atoms. The summed E-state index contributed by atoms with van der Waals surface area (Å²) in [5, 5.41) is 0. The van der Waals surface area contributed by atoms with Crippen molar-refractivity contribution in [1.82, 2.24) is 14.9 Å². The molecule has 0 bridgehead atoms. The minimum Gasteiger partial charge on any atom is -0.471 e. The molecule has 124 valence electrons. The van der Waals surface area contributed by atoms with Gasteiger partial charge in [0.1, 0.15) is 6.10 Å². The van der Waals surface area contributed by atoms with Gasteiger partial charge < -0.3 is 19.1 Å². The summed E-state index contributed by atoms with van der Waals surface area (Å²) in [6.45, 7) is 1.45. The van der Waals surface area contributed by atoms with Gasteiger partial charge in [-0.2, -0.15) is 0 Å². The molecule has 1 atom stereocenters. The van der Waals surface area contributed by atoms with Crippen LogP contribution in [0, 0.1) is 0 Å². The summed E-state index contributed by atoms with van der Waals surface area (Å²) in [5.41, 5.74) is 0.597. The van der Waals surface area contributed by atoms with E-state index >= 15 is 0 Å². The maximum Gasteiger partial charge on any atom is 0.254 e. The fourth-order valence-electron chi connectivity index (χ4n) is 2.95. The number of ether oxygens (including phenoxy) is 3. The lowest BCUT2D eigenvalue weighted by molar-refractivity contribution is 0.0526. The molecule has 2 aliphatic heterocycles. The van der Waals surface area contributed by atoms with Crippen LogP contribution in [0.1, 0.15) is 23.2 Å². The quantitative estimate of drug-likeness (QED) is 0.857. The van der Waals surface area contributed by atoms with Crippen molar-refractivity contribution >= 4 is 5.91 Å². The van der Waals surface area contributed by atoms with E-state index in [-0.39, 0.29) is 18.8 Å². The lowest BCUT2D eigenvalue weighted by Gasteiger charge is -2.32. The number of rotatable bonds is 3. The predicted octanol–water partition coefficient (Wildman–Crippen LogP) is 1.89. The van der Waals surface area contributed by atoms with Gasteiger partial charge in [0.2, 0.25) is 12.7 Å². The predicted molar refractivity (Wildman–Crippen MR) is 84.2 cm³/mol. The van der Waals surface area contributed by atoms with Gasteiger partial charge in [0.25, 0.3) is 5.91 Å². The number of hydrogen-bond acceptors (Lipinski definition) is 6. The lowest BCUT2D eigenvalue weighted by atomic mass is 10.1. The number of amides is 1. The minimum absolute atomic E-state index is 0.0271. The van der Waals surface area contributed by atoms with Crippen LogP contribution in [0.4, 0.5) is 0 Å². The molecule has 0 aliphatic carbocycles. The Balaban J connectivity index is 1.44. The van der Waals surface area contributed by atoms with E-state index in [1.54, 1.807) is 36.8 Å². The Hall–Kier alpha value is -2.83. The van der Waals surface area contributed by atoms with Crippen LogP contribution in [0.3, 0.4) is 0 Å². The molecule has 1 saturated heterocycles. The van der Waals surface area contributed by atoms with E-state index in [9.17, 15) is 4.79 Å². The molecule has 4 rings (SSSR count). The summed E-state index contributed by atoms with van der Waals surface area (Å²) in [6.07, 6.45) is 6.48. The molecule has 7 nitrogen and oxygen atoms in total. The van der Waals surface area contributed by atoms with Crippen molar-refractivity contribution in [3.63, 3.8) is 0 Å². The summed E-state index contributed by atoms with van der Waals surface area (Å²) >= 11 is 0. The highest BCUT2D eigenvalue weighted by Gasteiger charge is 2.27. The number of likely N-dealkylation sites (tertiary alicyclic amines) is 1. The highest BCUT2D eigenvalue weighted by Crippen LogP contribution is 2.33. The first kappa shape index (κ1) is 14.7.